The minimum absolute atomic E-state index is 0.0438. The summed E-state index contributed by atoms with van der Waals surface area (Å²) in [4.78, 5) is 13.9. The Morgan fingerprint density at radius 2 is 1.95 bits per heavy atom. The summed E-state index contributed by atoms with van der Waals surface area (Å²) in [6.07, 6.45) is 1.04. The maximum absolute atomic E-state index is 13.9. The molecule has 1 heterocycles. The van der Waals surface area contributed by atoms with Gasteiger partial charge in [0.1, 0.15) is 5.82 Å². The lowest BCUT2D eigenvalue weighted by Crippen LogP contribution is -2.31. The molecule has 3 rings (SSSR count). The summed E-state index contributed by atoms with van der Waals surface area (Å²) in [6, 6.07) is 12.9. The second-order valence-corrected chi connectivity index (χ2v) is 5.21. The van der Waals surface area contributed by atoms with Crippen LogP contribution >= 0.6 is 0 Å². The molecule has 0 spiro atoms. The third-order valence-electron chi connectivity index (χ3n) is 3.72. The highest BCUT2D eigenvalue weighted by Crippen LogP contribution is 2.31. The Balaban J connectivity index is 1.82. The molecule has 0 saturated heterocycles. The summed E-state index contributed by atoms with van der Waals surface area (Å²) in [7, 11) is 0. The smallest absolute Gasteiger partial charge is 0.231 e. The summed E-state index contributed by atoms with van der Waals surface area (Å²) in [5.74, 6) is -0.352. The van der Waals surface area contributed by atoms with Crippen molar-refractivity contribution in [3.8, 4) is 0 Å². The molecule has 0 saturated carbocycles. The van der Waals surface area contributed by atoms with Gasteiger partial charge in [-0.25, -0.2) is 4.39 Å². The topological polar surface area (TPSA) is 20.3 Å². The number of halogens is 1. The Kier molecular flexibility index (Phi) is 3.26. The second-order valence-electron chi connectivity index (χ2n) is 5.21. The average molecular weight is 269 g/mol. The zero-order valence-electron chi connectivity index (χ0n) is 11.4. The fourth-order valence-corrected chi connectivity index (χ4v) is 2.63. The number of carbonyl (C=O) groups is 1. The number of anilines is 1. The Labute approximate surface area is 117 Å². The minimum Gasteiger partial charge on any atom is -0.309 e. The van der Waals surface area contributed by atoms with Gasteiger partial charge in [-0.1, -0.05) is 42.0 Å². The molecule has 2 nitrogen and oxygen atoms in total. The molecule has 1 aliphatic rings. The zero-order chi connectivity index (χ0) is 14.1. The number of benzene rings is 2. The number of fused-ring (bicyclic) bond motifs is 1. The van der Waals surface area contributed by atoms with Crippen molar-refractivity contribution in [2.75, 3.05) is 11.4 Å². The van der Waals surface area contributed by atoms with Crippen molar-refractivity contribution in [3.63, 3.8) is 0 Å². The van der Waals surface area contributed by atoms with Crippen LogP contribution in [0.4, 0.5) is 10.1 Å². The molecular weight excluding hydrogens is 253 g/mol. The normalized spacial score (nSPS) is 13.4. The van der Waals surface area contributed by atoms with Crippen LogP contribution in [0.2, 0.25) is 0 Å². The Morgan fingerprint density at radius 3 is 2.70 bits per heavy atom. The number of nitrogens with zero attached hydrogens (tertiary/aromatic N) is 1. The number of rotatable bonds is 2. The highest BCUT2D eigenvalue weighted by Gasteiger charge is 2.27. The van der Waals surface area contributed by atoms with Crippen molar-refractivity contribution in [2.45, 2.75) is 19.8 Å². The van der Waals surface area contributed by atoms with Crippen LogP contribution < -0.4 is 4.90 Å². The number of amides is 1. The molecule has 2 aromatic rings. The summed E-state index contributed by atoms with van der Waals surface area (Å²) >= 11 is 0. The first-order chi connectivity index (χ1) is 9.65. The van der Waals surface area contributed by atoms with E-state index >= 15 is 0 Å². The summed E-state index contributed by atoms with van der Waals surface area (Å²) in [6.45, 7) is 2.58. The van der Waals surface area contributed by atoms with E-state index in [9.17, 15) is 9.18 Å². The number of hydrogen-bond acceptors (Lipinski definition) is 1. The van der Waals surface area contributed by atoms with Gasteiger partial charge in [0.2, 0.25) is 5.91 Å². The van der Waals surface area contributed by atoms with Gasteiger partial charge in [-0.3, -0.25) is 4.79 Å². The molecule has 102 valence electrons. The van der Waals surface area contributed by atoms with Gasteiger partial charge in [0.15, 0.2) is 0 Å². The largest absolute Gasteiger partial charge is 0.309 e. The standard InChI is InChI=1S/C17H16FNO/c1-12-5-7-13(8-6-12)11-16(20)19-10-9-14-3-2-4-15(18)17(14)19/h2-8H,9-11H2,1H3. The maximum Gasteiger partial charge on any atom is 0.231 e. The van der Waals surface area contributed by atoms with Gasteiger partial charge in [-0.05, 0) is 30.5 Å². The Hall–Kier alpha value is -2.16. The van der Waals surface area contributed by atoms with Crippen molar-refractivity contribution in [1.29, 1.82) is 0 Å². The van der Waals surface area contributed by atoms with E-state index < -0.39 is 0 Å². The van der Waals surface area contributed by atoms with Crippen molar-refractivity contribution < 1.29 is 9.18 Å². The van der Waals surface area contributed by atoms with Crippen LogP contribution in [0, 0.1) is 12.7 Å². The Bertz CT molecular complexity index is 649. The predicted octanol–water partition coefficient (Wildman–Crippen LogP) is 3.27. The summed E-state index contributed by atoms with van der Waals surface area (Å²) < 4.78 is 13.9. The number of hydrogen-bond donors (Lipinski definition) is 0. The van der Waals surface area contributed by atoms with Crippen molar-refractivity contribution in [2.24, 2.45) is 0 Å². The highest BCUT2D eigenvalue weighted by molar-refractivity contribution is 5.96. The average Bonchev–Trinajstić information content (AvgIpc) is 2.87. The molecule has 0 N–H and O–H groups in total. The van der Waals surface area contributed by atoms with Crippen LogP contribution in [0.25, 0.3) is 0 Å². The van der Waals surface area contributed by atoms with Gasteiger partial charge in [0, 0.05) is 6.54 Å². The molecule has 0 bridgehead atoms. The fraction of sp³-hybridized carbons (Fsp3) is 0.235. The van der Waals surface area contributed by atoms with Crippen LogP contribution in [0.3, 0.4) is 0 Å². The van der Waals surface area contributed by atoms with Crippen molar-refractivity contribution >= 4 is 11.6 Å². The molecule has 0 aliphatic carbocycles. The summed E-state index contributed by atoms with van der Waals surface area (Å²) in [5, 5.41) is 0. The third-order valence-corrected chi connectivity index (χ3v) is 3.72. The molecule has 0 aromatic heterocycles. The summed E-state index contributed by atoms with van der Waals surface area (Å²) in [5.41, 5.74) is 3.51. The van der Waals surface area contributed by atoms with E-state index in [1.54, 1.807) is 11.0 Å². The lowest BCUT2D eigenvalue weighted by molar-refractivity contribution is -0.117. The molecule has 0 fully saturated rings. The van der Waals surface area contributed by atoms with Gasteiger partial charge >= 0.3 is 0 Å². The molecular formula is C17H16FNO. The van der Waals surface area contributed by atoms with Gasteiger partial charge in [0.05, 0.1) is 12.1 Å². The van der Waals surface area contributed by atoms with E-state index in [1.165, 1.54) is 11.6 Å². The first kappa shape index (κ1) is 12.9. The monoisotopic (exact) mass is 269 g/mol. The van der Waals surface area contributed by atoms with E-state index in [0.29, 0.717) is 18.7 Å². The van der Waals surface area contributed by atoms with Gasteiger partial charge < -0.3 is 4.90 Å². The number of carbonyl (C=O) groups excluding carboxylic acids is 1. The van der Waals surface area contributed by atoms with Crippen LogP contribution in [-0.4, -0.2) is 12.5 Å². The van der Waals surface area contributed by atoms with Crippen LogP contribution in [0.15, 0.2) is 42.5 Å². The van der Waals surface area contributed by atoms with Crippen LogP contribution in [0.1, 0.15) is 16.7 Å². The Morgan fingerprint density at radius 1 is 1.20 bits per heavy atom. The first-order valence-electron chi connectivity index (χ1n) is 6.78. The first-order valence-corrected chi connectivity index (χ1v) is 6.78. The van der Waals surface area contributed by atoms with Crippen LogP contribution in [-0.2, 0) is 17.6 Å². The van der Waals surface area contributed by atoms with Gasteiger partial charge in [0.25, 0.3) is 0 Å². The van der Waals surface area contributed by atoms with E-state index in [4.69, 9.17) is 0 Å². The second kappa shape index (κ2) is 5.08. The predicted molar refractivity (Wildman–Crippen MR) is 77.3 cm³/mol. The quantitative estimate of drug-likeness (QED) is 0.819. The minimum atomic E-state index is -0.308. The van der Waals surface area contributed by atoms with Gasteiger partial charge in [-0.15, -0.1) is 0 Å². The third kappa shape index (κ3) is 2.31. The molecule has 20 heavy (non-hydrogen) atoms. The SMILES string of the molecule is Cc1ccc(CC(=O)N2CCc3cccc(F)c32)cc1. The highest BCUT2D eigenvalue weighted by atomic mass is 19.1. The van der Waals surface area contributed by atoms with E-state index in [0.717, 1.165) is 17.5 Å². The fourth-order valence-electron chi connectivity index (χ4n) is 2.63. The van der Waals surface area contributed by atoms with Crippen molar-refractivity contribution in [3.05, 3.63) is 65.0 Å². The molecule has 0 atom stereocenters. The van der Waals surface area contributed by atoms with Crippen molar-refractivity contribution in [1.82, 2.24) is 0 Å². The molecule has 1 aliphatic heterocycles. The lowest BCUT2D eigenvalue weighted by Gasteiger charge is -2.18. The lowest BCUT2D eigenvalue weighted by atomic mass is 10.1. The van der Waals surface area contributed by atoms with E-state index in [-0.39, 0.29) is 11.7 Å². The molecule has 0 unspecified atom stereocenters. The molecule has 0 radical (unpaired) electrons. The number of aryl methyl sites for hydroxylation is 1. The van der Waals surface area contributed by atoms with Crippen LogP contribution in [0.5, 0.6) is 0 Å². The molecule has 3 heteroatoms. The molecule has 1 amide bonds. The van der Waals surface area contributed by atoms with E-state index in [2.05, 4.69) is 0 Å². The van der Waals surface area contributed by atoms with E-state index in [1.807, 2.05) is 37.3 Å². The molecule has 2 aromatic carbocycles. The maximum atomic E-state index is 13.9. The van der Waals surface area contributed by atoms with Gasteiger partial charge in [-0.2, -0.15) is 0 Å². The zero-order valence-corrected chi connectivity index (χ0v) is 11.4. The number of para-hydroxylation sites is 1.